The molecule has 0 aromatic heterocycles. The zero-order valence-electron chi connectivity index (χ0n) is 8.92. The van der Waals surface area contributed by atoms with E-state index in [1.165, 1.54) is 0 Å². The normalized spacial score (nSPS) is 11.5. The van der Waals surface area contributed by atoms with E-state index in [2.05, 4.69) is 6.92 Å². The third-order valence-corrected chi connectivity index (χ3v) is 2.91. The largest absolute Gasteiger partial charge is 0.309 e. The fourth-order valence-electron chi connectivity index (χ4n) is 1.32. The molecule has 0 amide bonds. The van der Waals surface area contributed by atoms with E-state index in [-0.39, 0.29) is 6.13 Å². The summed E-state index contributed by atoms with van der Waals surface area (Å²) in [5, 5.41) is 0.862. The van der Waals surface area contributed by atoms with Gasteiger partial charge in [-0.15, -0.1) is 0 Å². The summed E-state index contributed by atoms with van der Waals surface area (Å²) in [4.78, 5) is 0. The zero-order valence-corrected chi connectivity index (χ0v) is 10.4. The number of allylic oxidation sites excluding steroid dienone is 1. The third kappa shape index (κ3) is 4.77. The van der Waals surface area contributed by atoms with Crippen LogP contribution in [0.1, 0.15) is 26.2 Å². The molecule has 1 rings (SSSR count). The summed E-state index contributed by atoms with van der Waals surface area (Å²) < 4.78 is 0. The SMILES string of the molecule is CCCC/C(Cl)=C\B(Cl)c1ccccc1. The van der Waals surface area contributed by atoms with E-state index in [0.29, 0.717) is 0 Å². The van der Waals surface area contributed by atoms with Gasteiger partial charge in [0, 0.05) is 5.03 Å². The Hall–Kier alpha value is -0.395. The Morgan fingerprint density at radius 2 is 2.00 bits per heavy atom. The topological polar surface area (TPSA) is 0 Å². The lowest BCUT2D eigenvalue weighted by Gasteiger charge is -2.02. The van der Waals surface area contributed by atoms with Gasteiger partial charge in [-0.3, -0.25) is 0 Å². The third-order valence-electron chi connectivity index (χ3n) is 2.21. The minimum absolute atomic E-state index is 0.115. The second-order valence-corrected chi connectivity index (χ2v) is 4.49. The highest BCUT2D eigenvalue weighted by molar-refractivity contribution is 7.17. The Kier molecular flexibility index (Phi) is 5.89. The maximum absolute atomic E-state index is 6.22. The van der Waals surface area contributed by atoms with Crippen molar-refractivity contribution in [2.24, 2.45) is 0 Å². The van der Waals surface area contributed by atoms with E-state index in [1.807, 2.05) is 36.3 Å². The molecule has 80 valence electrons. The molecule has 0 aliphatic heterocycles. The van der Waals surface area contributed by atoms with Crippen molar-refractivity contribution in [1.82, 2.24) is 0 Å². The molecule has 0 aliphatic carbocycles. The monoisotopic (exact) mass is 240 g/mol. The zero-order chi connectivity index (χ0) is 11.1. The fourth-order valence-corrected chi connectivity index (χ4v) is 1.94. The number of hydrogen-bond donors (Lipinski definition) is 0. The van der Waals surface area contributed by atoms with Crippen molar-refractivity contribution in [2.45, 2.75) is 26.2 Å². The van der Waals surface area contributed by atoms with Crippen LogP contribution >= 0.6 is 23.1 Å². The number of unbranched alkanes of at least 4 members (excludes halogenated alkanes) is 1. The van der Waals surface area contributed by atoms with E-state index in [4.69, 9.17) is 23.1 Å². The van der Waals surface area contributed by atoms with Crippen LogP contribution in [0.3, 0.4) is 0 Å². The molecule has 15 heavy (non-hydrogen) atoms. The number of hydrogen-bond acceptors (Lipinski definition) is 0. The quantitative estimate of drug-likeness (QED) is 0.684. The fraction of sp³-hybridized carbons (Fsp3) is 0.333. The van der Waals surface area contributed by atoms with Crippen LogP contribution in [-0.2, 0) is 0 Å². The van der Waals surface area contributed by atoms with Crippen LogP contribution in [0.25, 0.3) is 0 Å². The molecule has 0 bridgehead atoms. The first-order chi connectivity index (χ1) is 7.24. The van der Waals surface area contributed by atoms with Crippen molar-refractivity contribution in [2.75, 3.05) is 0 Å². The van der Waals surface area contributed by atoms with Crippen LogP contribution in [0.15, 0.2) is 41.3 Å². The van der Waals surface area contributed by atoms with Gasteiger partial charge >= 0.3 is 6.13 Å². The van der Waals surface area contributed by atoms with Gasteiger partial charge in [0.15, 0.2) is 0 Å². The van der Waals surface area contributed by atoms with Gasteiger partial charge in [-0.1, -0.05) is 66.7 Å². The van der Waals surface area contributed by atoms with Crippen molar-refractivity contribution in [3.63, 3.8) is 0 Å². The number of halogens is 2. The lowest BCUT2D eigenvalue weighted by atomic mass is 9.68. The predicted octanol–water partition coefficient (Wildman–Crippen LogP) is 3.98. The number of benzene rings is 1. The lowest BCUT2D eigenvalue weighted by Crippen LogP contribution is -2.21. The maximum Gasteiger partial charge on any atom is 0.309 e. The first kappa shape index (κ1) is 12.7. The van der Waals surface area contributed by atoms with E-state index < -0.39 is 0 Å². The van der Waals surface area contributed by atoms with Crippen LogP contribution in [0.2, 0.25) is 0 Å². The molecule has 0 radical (unpaired) electrons. The Labute approximate surface area is 102 Å². The lowest BCUT2D eigenvalue weighted by molar-refractivity contribution is 0.808. The van der Waals surface area contributed by atoms with Gasteiger partial charge in [0.25, 0.3) is 0 Å². The standard InChI is InChI=1S/C12H15BCl2/c1-2-3-9-12(14)10-13(15)11-7-5-4-6-8-11/h4-8,10H,2-3,9H2,1H3/b12-10+. The van der Waals surface area contributed by atoms with Crippen molar-refractivity contribution in [3.8, 4) is 0 Å². The Morgan fingerprint density at radius 3 is 2.60 bits per heavy atom. The van der Waals surface area contributed by atoms with E-state index >= 15 is 0 Å². The van der Waals surface area contributed by atoms with E-state index in [1.54, 1.807) is 0 Å². The predicted molar refractivity (Wildman–Crippen MR) is 71.1 cm³/mol. The van der Waals surface area contributed by atoms with Crippen molar-refractivity contribution in [3.05, 3.63) is 41.3 Å². The molecular weight excluding hydrogens is 226 g/mol. The van der Waals surface area contributed by atoms with Gasteiger partial charge in [0.1, 0.15) is 0 Å². The first-order valence-corrected chi connectivity index (χ1v) is 6.10. The molecule has 0 fully saturated rings. The molecule has 0 aliphatic rings. The van der Waals surface area contributed by atoms with Crippen molar-refractivity contribution >= 4 is 34.7 Å². The van der Waals surface area contributed by atoms with Crippen LogP contribution < -0.4 is 5.46 Å². The Bertz CT molecular complexity index is 309. The van der Waals surface area contributed by atoms with Crippen LogP contribution in [0.5, 0.6) is 0 Å². The first-order valence-electron chi connectivity index (χ1n) is 5.29. The van der Waals surface area contributed by atoms with Gasteiger partial charge in [-0.2, -0.15) is 11.5 Å². The molecule has 3 heteroatoms. The highest BCUT2D eigenvalue weighted by Gasteiger charge is 2.10. The minimum atomic E-state index is -0.115. The molecule has 0 heterocycles. The molecule has 0 N–H and O–H groups in total. The average molecular weight is 241 g/mol. The highest BCUT2D eigenvalue weighted by atomic mass is 35.5. The van der Waals surface area contributed by atoms with Crippen molar-refractivity contribution < 1.29 is 0 Å². The summed E-state index contributed by atoms with van der Waals surface area (Å²) in [6, 6.07) is 9.98. The van der Waals surface area contributed by atoms with Gasteiger partial charge in [0.05, 0.1) is 0 Å². The van der Waals surface area contributed by atoms with Gasteiger partial charge < -0.3 is 0 Å². The van der Waals surface area contributed by atoms with Crippen LogP contribution in [0, 0.1) is 0 Å². The molecular formula is C12H15BCl2. The van der Waals surface area contributed by atoms with Crippen LogP contribution in [0.4, 0.5) is 0 Å². The average Bonchev–Trinajstić information content (AvgIpc) is 2.27. The van der Waals surface area contributed by atoms with Gasteiger partial charge in [0.2, 0.25) is 0 Å². The van der Waals surface area contributed by atoms with E-state index in [0.717, 1.165) is 29.8 Å². The summed E-state index contributed by atoms with van der Waals surface area (Å²) in [6.07, 6.45) is 3.08. The molecule has 0 spiro atoms. The summed E-state index contributed by atoms with van der Waals surface area (Å²) in [7, 11) is 0. The number of rotatable bonds is 5. The minimum Gasteiger partial charge on any atom is -0.182 e. The molecule has 1 aromatic carbocycles. The molecule has 0 saturated carbocycles. The highest BCUT2D eigenvalue weighted by Crippen LogP contribution is 2.13. The second-order valence-electron chi connectivity index (χ2n) is 3.53. The molecule has 0 saturated heterocycles. The molecule has 0 unspecified atom stereocenters. The smallest absolute Gasteiger partial charge is 0.182 e. The van der Waals surface area contributed by atoms with E-state index in [9.17, 15) is 0 Å². The Morgan fingerprint density at radius 1 is 1.33 bits per heavy atom. The van der Waals surface area contributed by atoms with Crippen molar-refractivity contribution in [1.29, 1.82) is 0 Å². The molecule has 0 nitrogen and oxygen atoms in total. The summed E-state index contributed by atoms with van der Waals surface area (Å²) in [6.45, 7) is 2.15. The Balaban J connectivity index is 2.58. The van der Waals surface area contributed by atoms with Gasteiger partial charge in [-0.25, -0.2) is 0 Å². The maximum atomic E-state index is 6.22. The molecule has 0 atom stereocenters. The van der Waals surface area contributed by atoms with Gasteiger partial charge in [-0.05, 0) is 12.8 Å². The summed E-state index contributed by atoms with van der Waals surface area (Å²) >= 11 is 12.3. The molecule has 1 aromatic rings. The second kappa shape index (κ2) is 6.97. The summed E-state index contributed by atoms with van der Waals surface area (Å²) in [5.41, 5.74) is 1.09. The van der Waals surface area contributed by atoms with Crippen LogP contribution in [-0.4, -0.2) is 6.13 Å². The summed E-state index contributed by atoms with van der Waals surface area (Å²) in [5.74, 6) is 1.92.